The second kappa shape index (κ2) is 6.49. The minimum atomic E-state index is 0.754. The van der Waals surface area contributed by atoms with Crippen molar-refractivity contribution in [3.63, 3.8) is 0 Å². The second-order valence-electron chi connectivity index (χ2n) is 4.00. The fraction of sp³-hybridized carbons (Fsp3) is 0.571. The molecule has 1 aromatic carbocycles. The molecule has 0 heterocycles. The van der Waals surface area contributed by atoms with Gasteiger partial charge in [-0.1, -0.05) is 37.5 Å². The summed E-state index contributed by atoms with van der Waals surface area (Å²) in [5.41, 5.74) is 2.69. The minimum Gasteiger partial charge on any atom is -0.494 e. The third-order valence-electron chi connectivity index (χ3n) is 2.57. The summed E-state index contributed by atoms with van der Waals surface area (Å²) in [7, 11) is 0. The SMILES string of the molecule is CCCCCc1cc(C)ccc1OCC. The van der Waals surface area contributed by atoms with E-state index in [0.29, 0.717) is 0 Å². The third-order valence-corrected chi connectivity index (χ3v) is 2.57. The van der Waals surface area contributed by atoms with Crippen molar-refractivity contribution in [2.45, 2.75) is 46.5 Å². The van der Waals surface area contributed by atoms with E-state index in [4.69, 9.17) is 4.74 Å². The van der Waals surface area contributed by atoms with E-state index in [9.17, 15) is 0 Å². The van der Waals surface area contributed by atoms with Gasteiger partial charge in [-0.2, -0.15) is 0 Å². The standard InChI is InChI=1S/C14H22O/c1-4-6-7-8-13-11-12(3)9-10-14(13)15-5-2/h9-11H,4-8H2,1-3H3. The predicted molar refractivity (Wildman–Crippen MR) is 65.6 cm³/mol. The summed E-state index contributed by atoms with van der Waals surface area (Å²) >= 11 is 0. The monoisotopic (exact) mass is 206 g/mol. The van der Waals surface area contributed by atoms with Crippen LogP contribution in [0.5, 0.6) is 5.75 Å². The van der Waals surface area contributed by atoms with Gasteiger partial charge in [0.1, 0.15) is 5.75 Å². The van der Waals surface area contributed by atoms with Crippen molar-refractivity contribution < 1.29 is 4.74 Å². The van der Waals surface area contributed by atoms with Crippen LogP contribution in [0.15, 0.2) is 18.2 Å². The third kappa shape index (κ3) is 3.94. The molecule has 0 atom stereocenters. The molecular formula is C14H22O. The summed E-state index contributed by atoms with van der Waals surface area (Å²) < 4.78 is 5.62. The van der Waals surface area contributed by atoms with Gasteiger partial charge in [-0.15, -0.1) is 0 Å². The van der Waals surface area contributed by atoms with Crippen molar-refractivity contribution in [2.24, 2.45) is 0 Å². The Kier molecular flexibility index (Phi) is 5.23. The predicted octanol–water partition coefficient (Wildman–Crippen LogP) is 4.13. The molecule has 0 bridgehead atoms. The number of rotatable bonds is 6. The van der Waals surface area contributed by atoms with Crippen LogP contribution in [-0.2, 0) is 6.42 Å². The van der Waals surface area contributed by atoms with Gasteiger partial charge in [0.25, 0.3) is 0 Å². The van der Waals surface area contributed by atoms with Crippen LogP contribution in [0.2, 0.25) is 0 Å². The molecule has 15 heavy (non-hydrogen) atoms. The Balaban J connectivity index is 2.68. The van der Waals surface area contributed by atoms with Crippen LogP contribution in [0, 0.1) is 6.92 Å². The molecule has 0 aliphatic heterocycles. The van der Waals surface area contributed by atoms with Crippen LogP contribution in [0.4, 0.5) is 0 Å². The first kappa shape index (κ1) is 12.1. The Morgan fingerprint density at radius 3 is 2.60 bits per heavy atom. The molecule has 0 N–H and O–H groups in total. The van der Waals surface area contributed by atoms with Crippen molar-refractivity contribution >= 4 is 0 Å². The van der Waals surface area contributed by atoms with Crippen LogP contribution >= 0.6 is 0 Å². The molecule has 0 saturated heterocycles. The fourth-order valence-electron chi connectivity index (χ4n) is 1.77. The molecule has 0 aliphatic carbocycles. The number of ether oxygens (including phenoxy) is 1. The minimum absolute atomic E-state index is 0.754. The van der Waals surface area contributed by atoms with Gasteiger partial charge >= 0.3 is 0 Å². The lowest BCUT2D eigenvalue weighted by atomic mass is 10.0. The molecule has 1 aromatic rings. The van der Waals surface area contributed by atoms with Crippen LogP contribution in [-0.4, -0.2) is 6.61 Å². The number of aryl methyl sites for hydroxylation is 2. The van der Waals surface area contributed by atoms with E-state index < -0.39 is 0 Å². The Morgan fingerprint density at radius 2 is 1.93 bits per heavy atom. The zero-order chi connectivity index (χ0) is 11.1. The molecule has 0 aliphatic rings. The molecule has 1 rings (SSSR count). The zero-order valence-electron chi connectivity index (χ0n) is 10.2. The van der Waals surface area contributed by atoms with Crippen molar-refractivity contribution in [1.82, 2.24) is 0 Å². The molecule has 84 valence electrons. The Labute approximate surface area is 93.5 Å². The van der Waals surface area contributed by atoms with E-state index in [1.165, 1.54) is 30.4 Å². The fourth-order valence-corrected chi connectivity index (χ4v) is 1.77. The van der Waals surface area contributed by atoms with Crippen molar-refractivity contribution in [3.8, 4) is 5.75 Å². The first-order chi connectivity index (χ1) is 7.27. The van der Waals surface area contributed by atoms with Crippen molar-refractivity contribution in [3.05, 3.63) is 29.3 Å². The lowest BCUT2D eigenvalue weighted by Crippen LogP contribution is -1.97. The van der Waals surface area contributed by atoms with E-state index in [-0.39, 0.29) is 0 Å². The van der Waals surface area contributed by atoms with Crippen LogP contribution < -0.4 is 4.74 Å². The maximum absolute atomic E-state index is 5.62. The molecule has 0 unspecified atom stereocenters. The average molecular weight is 206 g/mol. The highest BCUT2D eigenvalue weighted by atomic mass is 16.5. The highest BCUT2D eigenvalue weighted by Gasteiger charge is 2.03. The smallest absolute Gasteiger partial charge is 0.122 e. The zero-order valence-corrected chi connectivity index (χ0v) is 10.2. The molecule has 1 heteroatoms. The first-order valence-corrected chi connectivity index (χ1v) is 6.00. The van der Waals surface area contributed by atoms with Gasteiger partial charge in [0, 0.05) is 0 Å². The van der Waals surface area contributed by atoms with E-state index in [2.05, 4.69) is 32.0 Å². The summed E-state index contributed by atoms with van der Waals surface area (Å²) in [6.07, 6.45) is 4.99. The molecule has 0 radical (unpaired) electrons. The molecule has 1 nitrogen and oxygen atoms in total. The molecular weight excluding hydrogens is 184 g/mol. The second-order valence-corrected chi connectivity index (χ2v) is 4.00. The number of hydrogen-bond donors (Lipinski definition) is 0. The van der Waals surface area contributed by atoms with E-state index in [0.717, 1.165) is 18.8 Å². The first-order valence-electron chi connectivity index (χ1n) is 6.00. The Bertz CT molecular complexity index is 291. The van der Waals surface area contributed by atoms with Gasteiger partial charge in [-0.05, 0) is 38.3 Å². The summed E-state index contributed by atoms with van der Waals surface area (Å²) in [6.45, 7) is 7.16. The quantitative estimate of drug-likeness (QED) is 0.636. The van der Waals surface area contributed by atoms with E-state index in [1.807, 2.05) is 6.92 Å². The van der Waals surface area contributed by atoms with Gasteiger partial charge < -0.3 is 4.74 Å². The molecule has 0 fully saturated rings. The normalized spacial score (nSPS) is 10.3. The summed E-state index contributed by atoms with van der Waals surface area (Å²) in [4.78, 5) is 0. The van der Waals surface area contributed by atoms with Crippen molar-refractivity contribution in [1.29, 1.82) is 0 Å². The van der Waals surface area contributed by atoms with Gasteiger partial charge in [0.2, 0.25) is 0 Å². The molecule has 0 aromatic heterocycles. The largest absolute Gasteiger partial charge is 0.494 e. The summed E-state index contributed by atoms with van der Waals surface area (Å²) in [5.74, 6) is 1.07. The van der Waals surface area contributed by atoms with Gasteiger partial charge in [-0.25, -0.2) is 0 Å². The topological polar surface area (TPSA) is 9.23 Å². The summed E-state index contributed by atoms with van der Waals surface area (Å²) in [5, 5.41) is 0. The van der Waals surface area contributed by atoms with Gasteiger partial charge in [-0.3, -0.25) is 0 Å². The average Bonchev–Trinajstić information content (AvgIpc) is 2.22. The lowest BCUT2D eigenvalue weighted by Gasteiger charge is -2.10. The highest BCUT2D eigenvalue weighted by molar-refractivity contribution is 5.36. The maximum Gasteiger partial charge on any atom is 0.122 e. The van der Waals surface area contributed by atoms with Gasteiger partial charge in [0.05, 0.1) is 6.61 Å². The van der Waals surface area contributed by atoms with Crippen LogP contribution in [0.3, 0.4) is 0 Å². The molecule has 0 spiro atoms. The van der Waals surface area contributed by atoms with Crippen molar-refractivity contribution in [2.75, 3.05) is 6.61 Å². The van der Waals surface area contributed by atoms with E-state index in [1.54, 1.807) is 0 Å². The van der Waals surface area contributed by atoms with Crippen LogP contribution in [0.1, 0.15) is 44.2 Å². The summed E-state index contributed by atoms with van der Waals surface area (Å²) in [6, 6.07) is 6.47. The molecule has 0 saturated carbocycles. The number of unbranched alkanes of at least 4 members (excludes halogenated alkanes) is 2. The van der Waals surface area contributed by atoms with Gasteiger partial charge in [0.15, 0.2) is 0 Å². The molecule has 0 amide bonds. The Morgan fingerprint density at radius 1 is 1.13 bits per heavy atom. The Hall–Kier alpha value is -0.980. The lowest BCUT2D eigenvalue weighted by molar-refractivity contribution is 0.336. The number of benzene rings is 1. The van der Waals surface area contributed by atoms with E-state index >= 15 is 0 Å². The highest BCUT2D eigenvalue weighted by Crippen LogP contribution is 2.22. The van der Waals surface area contributed by atoms with Crippen LogP contribution in [0.25, 0.3) is 0 Å². The number of hydrogen-bond acceptors (Lipinski definition) is 1. The maximum atomic E-state index is 5.62.